The molecule has 0 aromatic heterocycles. The van der Waals surface area contributed by atoms with Gasteiger partial charge in [0.2, 0.25) is 0 Å². The van der Waals surface area contributed by atoms with Crippen LogP contribution in [-0.4, -0.2) is 23.0 Å². The lowest BCUT2D eigenvalue weighted by molar-refractivity contribution is 0.0541. The average molecular weight is 193 g/mol. The van der Waals surface area contributed by atoms with E-state index >= 15 is 0 Å². The first kappa shape index (κ1) is 9.71. The maximum atomic E-state index is 5.26. The summed E-state index contributed by atoms with van der Waals surface area (Å²) in [4.78, 5) is 0. The molecule has 0 spiro atoms. The SMILES string of the molecule is CC(C1CCOCC1)N(S)S. The van der Waals surface area contributed by atoms with Gasteiger partial charge in [0.1, 0.15) is 0 Å². The summed E-state index contributed by atoms with van der Waals surface area (Å²) >= 11 is 8.32. The van der Waals surface area contributed by atoms with Gasteiger partial charge in [0.05, 0.1) is 0 Å². The molecule has 0 bridgehead atoms. The summed E-state index contributed by atoms with van der Waals surface area (Å²) in [6, 6.07) is 0.436. The zero-order valence-corrected chi connectivity index (χ0v) is 8.52. The maximum absolute atomic E-state index is 5.26. The molecule has 0 amide bonds. The van der Waals surface area contributed by atoms with E-state index in [1.54, 1.807) is 3.71 Å². The Kier molecular flexibility index (Phi) is 4.06. The minimum Gasteiger partial charge on any atom is -0.381 e. The molecule has 1 saturated heterocycles. The van der Waals surface area contributed by atoms with Crippen molar-refractivity contribution in [2.45, 2.75) is 25.8 Å². The highest BCUT2D eigenvalue weighted by molar-refractivity contribution is 7.93. The lowest BCUT2D eigenvalue weighted by Crippen LogP contribution is -2.31. The number of thiol groups is 2. The topological polar surface area (TPSA) is 12.5 Å². The molecule has 1 rings (SSSR count). The summed E-state index contributed by atoms with van der Waals surface area (Å²) in [5.74, 6) is 0.693. The number of hydrogen-bond acceptors (Lipinski definition) is 4. The molecule has 1 aliphatic heterocycles. The van der Waals surface area contributed by atoms with Crippen LogP contribution in [0.15, 0.2) is 0 Å². The van der Waals surface area contributed by atoms with E-state index in [1.807, 2.05) is 0 Å². The van der Waals surface area contributed by atoms with Gasteiger partial charge >= 0.3 is 0 Å². The van der Waals surface area contributed by atoms with Crippen LogP contribution in [0, 0.1) is 5.92 Å². The normalized spacial score (nSPS) is 24.0. The highest BCUT2D eigenvalue weighted by Gasteiger charge is 2.22. The van der Waals surface area contributed by atoms with E-state index in [1.165, 1.54) is 0 Å². The highest BCUT2D eigenvalue weighted by atomic mass is 32.2. The van der Waals surface area contributed by atoms with Gasteiger partial charge < -0.3 is 4.74 Å². The summed E-state index contributed by atoms with van der Waals surface area (Å²) in [7, 11) is 0. The van der Waals surface area contributed by atoms with Crippen LogP contribution in [0.2, 0.25) is 0 Å². The Balaban J connectivity index is 2.32. The number of hydrogen-bond donors (Lipinski definition) is 2. The number of nitrogens with zero attached hydrogens (tertiary/aromatic N) is 1. The van der Waals surface area contributed by atoms with E-state index < -0.39 is 0 Å². The van der Waals surface area contributed by atoms with Gasteiger partial charge in [0.15, 0.2) is 0 Å². The molecule has 2 nitrogen and oxygen atoms in total. The fourth-order valence-electron chi connectivity index (χ4n) is 1.39. The van der Waals surface area contributed by atoms with Gasteiger partial charge in [-0.2, -0.15) is 3.71 Å². The van der Waals surface area contributed by atoms with Crippen LogP contribution in [0.3, 0.4) is 0 Å². The molecule has 0 aromatic rings. The number of rotatable bonds is 2. The Hall–Kier alpha value is 0.620. The second-order valence-corrected chi connectivity index (χ2v) is 4.19. The Morgan fingerprint density at radius 3 is 2.36 bits per heavy atom. The van der Waals surface area contributed by atoms with Gasteiger partial charge in [-0.1, -0.05) is 25.6 Å². The van der Waals surface area contributed by atoms with Crippen molar-refractivity contribution < 1.29 is 4.74 Å². The Labute approximate surface area is 79.4 Å². The van der Waals surface area contributed by atoms with Crippen molar-refractivity contribution in [2.75, 3.05) is 13.2 Å². The first-order valence-electron chi connectivity index (χ1n) is 3.96. The van der Waals surface area contributed by atoms with Gasteiger partial charge in [-0.3, -0.25) is 0 Å². The fourth-order valence-corrected chi connectivity index (χ4v) is 1.76. The Bertz CT molecular complexity index is 115. The molecule has 0 saturated carbocycles. The van der Waals surface area contributed by atoms with Gasteiger partial charge in [-0.15, -0.1) is 0 Å². The predicted octanol–water partition coefficient (Wildman–Crippen LogP) is 1.79. The van der Waals surface area contributed by atoms with Crippen LogP contribution >= 0.6 is 25.6 Å². The summed E-state index contributed by atoms with van der Waals surface area (Å²) < 4.78 is 6.95. The van der Waals surface area contributed by atoms with Gasteiger partial charge in [-0.05, 0) is 25.7 Å². The largest absolute Gasteiger partial charge is 0.381 e. The highest BCUT2D eigenvalue weighted by Crippen LogP contribution is 2.24. The fraction of sp³-hybridized carbons (Fsp3) is 1.00. The van der Waals surface area contributed by atoms with Crippen LogP contribution in [0.25, 0.3) is 0 Å². The molecule has 1 aliphatic rings. The second-order valence-electron chi connectivity index (χ2n) is 3.01. The zero-order chi connectivity index (χ0) is 8.27. The third-order valence-corrected chi connectivity index (χ3v) is 3.04. The van der Waals surface area contributed by atoms with Crippen molar-refractivity contribution >= 4 is 25.6 Å². The van der Waals surface area contributed by atoms with E-state index in [0.29, 0.717) is 12.0 Å². The first-order valence-corrected chi connectivity index (χ1v) is 4.76. The molecule has 1 heterocycles. The van der Waals surface area contributed by atoms with E-state index in [-0.39, 0.29) is 0 Å². The maximum Gasteiger partial charge on any atom is 0.0469 e. The summed E-state index contributed by atoms with van der Waals surface area (Å²) in [5.41, 5.74) is 0. The quantitative estimate of drug-likeness (QED) is 0.649. The van der Waals surface area contributed by atoms with Crippen molar-refractivity contribution in [1.29, 1.82) is 0 Å². The second kappa shape index (κ2) is 4.60. The van der Waals surface area contributed by atoms with Crippen LogP contribution in [0.4, 0.5) is 0 Å². The lowest BCUT2D eigenvalue weighted by Gasteiger charge is -2.30. The predicted molar refractivity (Wildman–Crippen MR) is 52.8 cm³/mol. The minimum absolute atomic E-state index is 0.436. The lowest BCUT2D eigenvalue weighted by atomic mass is 9.94. The molecule has 0 aliphatic carbocycles. The van der Waals surface area contributed by atoms with Crippen molar-refractivity contribution in [2.24, 2.45) is 5.92 Å². The van der Waals surface area contributed by atoms with Crippen LogP contribution in [-0.2, 0) is 4.74 Å². The van der Waals surface area contributed by atoms with Crippen molar-refractivity contribution in [3.63, 3.8) is 0 Å². The van der Waals surface area contributed by atoms with Crippen molar-refractivity contribution in [3.8, 4) is 0 Å². The molecule has 0 aromatic carbocycles. The summed E-state index contributed by atoms with van der Waals surface area (Å²) in [5, 5.41) is 0. The smallest absolute Gasteiger partial charge is 0.0469 e. The molecule has 11 heavy (non-hydrogen) atoms. The van der Waals surface area contributed by atoms with Crippen molar-refractivity contribution in [1.82, 2.24) is 3.71 Å². The minimum atomic E-state index is 0.436. The summed E-state index contributed by atoms with van der Waals surface area (Å²) in [6.07, 6.45) is 2.28. The molecule has 1 unspecified atom stereocenters. The monoisotopic (exact) mass is 193 g/mol. The van der Waals surface area contributed by atoms with Crippen LogP contribution in [0.1, 0.15) is 19.8 Å². The van der Waals surface area contributed by atoms with E-state index in [4.69, 9.17) is 4.74 Å². The first-order chi connectivity index (χ1) is 5.22. The standard InChI is InChI=1S/C7H15NOS2/c1-6(8(10)11)7-2-4-9-5-3-7/h6-7,10-11H,2-5H2,1H3. The molecule has 66 valence electrons. The van der Waals surface area contributed by atoms with Gasteiger partial charge in [-0.25, -0.2) is 0 Å². The van der Waals surface area contributed by atoms with E-state index in [2.05, 4.69) is 32.6 Å². The molecular weight excluding hydrogens is 178 g/mol. The molecule has 0 N–H and O–H groups in total. The average Bonchev–Trinajstić information content (AvgIpc) is 2.05. The number of ether oxygens (including phenoxy) is 1. The molecule has 1 atom stereocenters. The van der Waals surface area contributed by atoms with E-state index in [0.717, 1.165) is 26.1 Å². The molecule has 1 fully saturated rings. The Morgan fingerprint density at radius 1 is 1.36 bits per heavy atom. The molecule has 0 radical (unpaired) electrons. The molecule has 4 heteroatoms. The van der Waals surface area contributed by atoms with Crippen LogP contribution in [0.5, 0.6) is 0 Å². The van der Waals surface area contributed by atoms with Gasteiger partial charge in [0, 0.05) is 19.3 Å². The van der Waals surface area contributed by atoms with Crippen LogP contribution < -0.4 is 0 Å². The van der Waals surface area contributed by atoms with Crippen molar-refractivity contribution in [3.05, 3.63) is 0 Å². The van der Waals surface area contributed by atoms with E-state index in [9.17, 15) is 0 Å². The third-order valence-electron chi connectivity index (χ3n) is 2.31. The van der Waals surface area contributed by atoms with Gasteiger partial charge in [0.25, 0.3) is 0 Å². The zero-order valence-electron chi connectivity index (χ0n) is 6.73. The Morgan fingerprint density at radius 2 is 1.91 bits per heavy atom. The third kappa shape index (κ3) is 2.86. The molecular formula is C7H15NOS2. The summed E-state index contributed by atoms with van der Waals surface area (Å²) in [6.45, 7) is 3.94.